The minimum Gasteiger partial charge on any atom is -0.356 e. The summed E-state index contributed by atoms with van der Waals surface area (Å²) >= 11 is 0. The van der Waals surface area contributed by atoms with Crippen molar-refractivity contribution in [2.75, 3.05) is 13.1 Å². The van der Waals surface area contributed by atoms with E-state index in [2.05, 4.69) is 5.32 Å². The molecule has 1 amide bonds. The lowest BCUT2D eigenvalue weighted by Crippen LogP contribution is -2.38. The smallest absolute Gasteiger partial charge is 0.356 e. The van der Waals surface area contributed by atoms with Crippen molar-refractivity contribution in [3.05, 3.63) is 0 Å². The molecule has 0 rings (SSSR count). The number of amides is 1. The van der Waals surface area contributed by atoms with Crippen LogP contribution in [0, 0.1) is 11.8 Å². The van der Waals surface area contributed by atoms with Crippen LogP contribution in [0.25, 0.3) is 0 Å². The van der Waals surface area contributed by atoms with Gasteiger partial charge in [0.25, 0.3) is 0 Å². The summed E-state index contributed by atoms with van der Waals surface area (Å²) in [6.07, 6.45) is -4.53. The number of nitrogens with two attached hydrogens (primary N) is 1. The molecule has 17 heavy (non-hydrogen) atoms. The zero-order chi connectivity index (χ0) is 13.5. The summed E-state index contributed by atoms with van der Waals surface area (Å²) in [5.41, 5.74) is 5.45. The van der Waals surface area contributed by atoms with E-state index >= 15 is 0 Å². The first-order chi connectivity index (χ1) is 7.78. The van der Waals surface area contributed by atoms with Crippen molar-refractivity contribution in [1.82, 2.24) is 5.32 Å². The van der Waals surface area contributed by atoms with Gasteiger partial charge in [-0.2, -0.15) is 13.2 Å². The normalized spacial score (nSPS) is 13.8. The molecule has 3 nitrogen and oxygen atoms in total. The van der Waals surface area contributed by atoms with E-state index in [-0.39, 0.29) is 37.3 Å². The van der Waals surface area contributed by atoms with Gasteiger partial charge in [-0.3, -0.25) is 4.79 Å². The van der Waals surface area contributed by atoms with Crippen LogP contribution in [0.5, 0.6) is 0 Å². The van der Waals surface area contributed by atoms with Gasteiger partial charge in [0.2, 0.25) is 5.91 Å². The second-order valence-electron chi connectivity index (χ2n) is 4.45. The first-order valence-electron chi connectivity index (χ1n) is 5.82. The Morgan fingerprint density at radius 2 is 1.88 bits per heavy atom. The molecular weight excluding hydrogens is 233 g/mol. The summed E-state index contributed by atoms with van der Waals surface area (Å²) in [5.74, 6) is -0.303. The van der Waals surface area contributed by atoms with E-state index in [1.54, 1.807) is 0 Å². The van der Waals surface area contributed by atoms with Crippen molar-refractivity contribution in [3.63, 3.8) is 0 Å². The molecule has 1 unspecified atom stereocenters. The summed E-state index contributed by atoms with van der Waals surface area (Å²) in [6.45, 7) is 4.31. The topological polar surface area (TPSA) is 55.1 Å². The first kappa shape index (κ1) is 16.2. The van der Waals surface area contributed by atoms with Gasteiger partial charge in [-0.05, 0) is 18.8 Å². The van der Waals surface area contributed by atoms with Gasteiger partial charge in [-0.25, -0.2) is 0 Å². The molecule has 6 heteroatoms. The molecule has 0 aromatic carbocycles. The van der Waals surface area contributed by atoms with E-state index in [1.165, 1.54) is 0 Å². The summed E-state index contributed by atoms with van der Waals surface area (Å²) in [5, 5.41) is 2.61. The van der Waals surface area contributed by atoms with E-state index in [0.717, 1.165) is 0 Å². The van der Waals surface area contributed by atoms with Gasteiger partial charge in [0, 0.05) is 19.5 Å². The number of hydrogen-bond donors (Lipinski definition) is 2. The molecule has 1 atom stereocenters. The van der Waals surface area contributed by atoms with Crippen LogP contribution >= 0.6 is 0 Å². The van der Waals surface area contributed by atoms with Gasteiger partial charge < -0.3 is 11.1 Å². The molecule has 0 aromatic heterocycles. The molecule has 0 aliphatic carbocycles. The van der Waals surface area contributed by atoms with E-state index in [0.29, 0.717) is 6.42 Å². The van der Waals surface area contributed by atoms with E-state index in [1.807, 2.05) is 13.8 Å². The van der Waals surface area contributed by atoms with Crippen LogP contribution in [0.4, 0.5) is 13.2 Å². The maximum absolute atomic E-state index is 11.8. The zero-order valence-corrected chi connectivity index (χ0v) is 10.3. The van der Waals surface area contributed by atoms with Crippen molar-refractivity contribution in [3.8, 4) is 0 Å². The molecule has 0 aromatic rings. The Balaban J connectivity index is 3.71. The Bertz CT molecular complexity index is 229. The third kappa shape index (κ3) is 8.01. The van der Waals surface area contributed by atoms with Gasteiger partial charge in [0.05, 0.1) is 5.92 Å². The minimum atomic E-state index is -4.11. The number of rotatable bonds is 7. The van der Waals surface area contributed by atoms with E-state index in [4.69, 9.17) is 5.73 Å². The average molecular weight is 254 g/mol. The van der Waals surface area contributed by atoms with Gasteiger partial charge in [-0.15, -0.1) is 0 Å². The fourth-order valence-corrected chi connectivity index (χ4v) is 1.48. The molecule has 0 spiro atoms. The van der Waals surface area contributed by atoms with Crippen LogP contribution in [0.2, 0.25) is 0 Å². The number of nitrogens with one attached hydrogen (secondary N) is 1. The van der Waals surface area contributed by atoms with Crippen molar-refractivity contribution in [2.24, 2.45) is 17.6 Å². The van der Waals surface area contributed by atoms with Crippen LogP contribution in [0.3, 0.4) is 0 Å². The Kier molecular flexibility index (Phi) is 7.18. The fourth-order valence-electron chi connectivity index (χ4n) is 1.48. The number of hydrogen-bond acceptors (Lipinski definition) is 2. The predicted octanol–water partition coefficient (Wildman–Crippen LogP) is 2.07. The zero-order valence-electron chi connectivity index (χ0n) is 10.3. The number of alkyl halides is 3. The summed E-state index contributed by atoms with van der Waals surface area (Å²) < 4.78 is 35.5. The fraction of sp³-hybridized carbons (Fsp3) is 0.909. The molecule has 0 saturated carbocycles. The van der Waals surface area contributed by atoms with Crippen LogP contribution in [-0.4, -0.2) is 25.2 Å². The molecule has 0 aliphatic rings. The molecule has 0 heterocycles. The highest BCUT2D eigenvalue weighted by atomic mass is 19.4. The molecule has 3 N–H and O–H groups in total. The highest BCUT2D eigenvalue weighted by molar-refractivity contribution is 5.79. The number of halogens is 3. The second kappa shape index (κ2) is 7.53. The maximum atomic E-state index is 11.8. The lowest BCUT2D eigenvalue weighted by atomic mass is 9.95. The van der Waals surface area contributed by atoms with Gasteiger partial charge >= 0.3 is 6.18 Å². The monoisotopic (exact) mass is 254 g/mol. The quantitative estimate of drug-likeness (QED) is 0.683. The largest absolute Gasteiger partial charge is 0.389 e. The summed E-state index contributed by atoms with van der Waals surface area (Å²) in [4.78, 5) is 11.6. The lowest BCUT2D eigenvalue weighted by molar-refractivity contribution is -0.135. The van der Waals surface area contributed by atoms with Crippen molar-refractivity contribution in [1.29, 1.82) is 0 Å². The highest BCUT2D eigenvalue weighted by Gasteiger charge is 2.26. The van der Waals surface area contributed by atoms with Gasteiger partial charge in [0.15, 0.2) is 0 Å². The Labute approximate surface area is 99.9 Å². The van der Waals surface area contributed by atoms with E-state index in [9.17, 15) is 18.0 Å². The molecule has 0 fully saturated rings. The average Bonchev–Trinajstić information content (AvgIpc) is 2.15. The standard InChI is InChI=1S/C11H21F3N2O/c1-8(2)9(7-15)10(17)16-6-4-3-5-11(12,13)14/h8-9H,3-7,15H2,1-2H3,(H,16,17). The van der Waals surface area contributed by atoms with Crippen molar-refractivity contribution in [2.45, 2.75) is 39.3 Å². The Morgan fingerprint density at radius 3 is 2.29 bits per heavy atom. The van der Waals surface area contributed by atoms with Crippen LogP contribution in [0.15, 0.2) is 0 Å². The Hall–Kier alpha value is -0.780. The van der Waals surface area contributed by atoms with Crippen LogP contribution in [-0.2, 0) is 4.79 Å². The first-order valence-corrected chi connectivity index (χ1v) is 5.82. The summed E-state index contributed by atoms with van der Waals surface area (Å²) in [6, 6.07) is 0. The molecule has 0 saturated heterocycles. The van der Waals surface area contributed by atoms with Crippen LogP contribution in [0.1, 0.15) is 33.1 Å². The van der Waals surface area contributed by atoms with Gasteiger partial charge in [0.1, 0.15) is 0 Å². The van der Waals surface area contributed by atoms with Crippen molar-refractivity contribution >= 4 is 5.91 Å². The number of carbonyl (C=O) groups excluding carboxylic acids is 1. The molecule has 0 aliphatic heterocycles. The molecule has 102 valence electrons. The van der Waals surface area contributed by atoms with Gasteiger partial charge in [-0.1, -0.05) is 13.8 Å². The van der Waals surface area contributed by atoms with Crippen LogP contribution < -0.4 is 11.1 Å². The molecule has 0 radical (unpaired) electrons. The third-order valence-corrected chi connectivity index (χ3v) is 2.58. The minimum absolute atomic E-state index is 0.0404. The maximum Gasteiger partial charge on any atom is 0.389 e. The highest BCUT2D eigenvalue weighted by Crippen LogP contribution is 2.21. The second-order valence-corrected chi connectivity index (χ2v) is 4.45. The molecular formula is C11H21F3N2O. The predicted molar refractivity (Wildman–Crippen MR) is 60.3 cm³/mol. The number of unbranched alkanes of at least 4 members (excludes halogenated alkanes) is 1. The lowest BCUT2D eigenvalue weighted by Gasteiger charge is -2.18. The van der Waals surface area contributed by atoms with Crippen molar-refractivity contribution < 1.29 is 18.0 Å². The third-order valence-electron chi connectivity index (χ3n) is 2.58. The summed E-state index contributed by atoms with van der Waals surface area (Å²) in [7, 11) is 0. The SMILES string of the molecule is CC(C)C(CN)C(=O)NCCCCC(F)(F)F. The molecule has 0 bridgehead atoms. The van der Waals surface area contributed by atoms with E-state index < -0.39 is 12.6 Å². The Morgan fingerprint density at radius 1 is 1.29 bits per heavy atom. The number of carbonyl (C=O) groups is 1.